The Morgan fingerprint density at radius 3 is 2.65 bits per heavy atom. The lowest BCUT2D eigenvalue weighted by Gasteiger charge is -2.21. The second kappa shape index (κ2) is 9.01. The molecule has 1 N–H and O–H groups in total. The third kappa shape index (κ3) is 5.02. The predicted octanol–water partition coefficient (Wildman–Crippen LogP) is 4.51. The molecule has 0 unspecified atom stereocenters. The van der Waals surface area contributed by atoms with Crippen molar-refractivity contribution < 1.29 is 17.6 Å². The summed E-state index contributed by atoms with van der Waals surface area (Å²) in [4.78, 5) is 12.6. The van der Waals surface area contributed by atoms with E-state index in [1.165, 1.54) is 23.1 Å². The molecular formula is C23H24FN3O3S. The van der Waals surface area contributed by atoms with Crippen molar-refractivity contribution in [1.82, 2.24) is 9.78 Å². The van der Waals surface area contributed by atoms with Gasteiger partial charge in [0.2, 0.25) is 0 Å². The van der Waals surface area contributed by atoms with Crippen molar-refractivity contribution in [2.45, 2.75) is 43.1 Å². The van der Waals surface area contributed by atoms with Crippen LogP contribution < -0.4 is 5.32 Å². The normalized spacial score (nSPS) is 15.0. The molecule has 0 atom stereocenters. The fourth-order valence-corrected chi connectivity index (χ4v) is 5.86. The number of amides is 1. The Morgan fingerprint density at radius 2 is 1.87 bits per heavy atom. The summed E-state index contributed by atoms with van der Waals surface area (Å²) in [5, 5.41) is 6.55. The fourth-order valence-electron chi connectivity index (χ4n) is 3.93. The highest BCUT2D eigenvalue weighted by atomic mass is 32.2. The molecule has 0 spiro atoms. The van der Waals surface area contributed by atoms with Crippen molar-refractivity contribution in [3.8, 4) is 5.69 Å². The van der Waals surface area contributed by atoms with Crippen molar-refractivity contribution in [3.05, 3.63) is 77.9 Å². The molecule has 8 heteroatoms. The summed E-state index contributed by atoms with van der Waals surface area (Å²) in [6, 6.07) is 13.0. The molecule has 1 heterocycles. The molecule has 162 valence electrons. The second-order valence-corrected chi connectivity index (χ2v) is 10.1. The third-order valence-electron chi connectivity index (χ3n) is 5.56. The smallest absolute Gasteiger partial charge is 0.258 e. The van der Waals surface area contributed by atoms with Crippen LogP contribution in [-0.4, -0.2) is 29.4 Å². The highest BCUT2D eigenvalue weighted by Crippen LogP contribution is 2.26. The molecule has 3 aromatic rings. The molecule has 0 aliphatic heterocycles. The average molecular weight is 442 g/mol. The molecule has 0 radical (unpaired) electrons. The number of halogens is 1. The molecule has 1 amide bonds. The maximum absolute atomic E-state index is 13.9. The van der Waals surface area contributed by atoms with Gasteiger partial charge in [0, 0.05) is 11.9 Å². The minimum absolute atomic E-state index is 0.0351. The first-order valence-corrected chi connectivity index (χ1v) is 12.1. The first-order chi connectivity index (χ1) is 14.9. The first-order valence-electron chi connectivity index (χ1n) is 10.3. The van der Waals surface area contributed by atoms with E-state index in [9.17, 15) is 17.6 Å². The number of rotatable bonds is 6. The zero-order valence-corrected chi connectivity index (χ0v) is 17.8. The van der Waals surface area contributed by atoms with Crippen LogP contribution in [0.2, 0.25) is 0 Å². The number of anilines is 1. The van der Waals surface area contributed by atoms with Gasteiger partial charge in [0.15, 0.2) is 9.84 Å². The molecule has 0 saturated heterocycles. The van der Waals surface area contributed by atoms with Gasteiger partial charge in [-0.3, -0.25) is 4.79 Å². The lowest BCUT2D eigenvalue weighted by Crippen LogP contribution is -2.25. The van der Waals surface area contributed by atoms with Crippen molar-refractivity contribution in [2.75, 3.05) is 5.32 Å². The minimum atomic E-state index is -3.23. The standard InChI is InChI=1S/C23H24FN3O3S/c24-21-11-4-5-12-22(21)27-15-18(14-25-27)23(28)26-19-8-6-7-17(13-19)16-31(29,30)20-9-2-1-3-10-20/h4-8,11-15,20H,1-3,9-10,16H2,(H,26,28). The molecule has 6 nitrogen and oxygen atoms in total. The van der Waals surface area contributed by atoms with Gasteiger partial charge >= 0.3 is 0 Å². The molecule has 1 aromatic heterocycles. The van der Waals surface area contributed by atoms with E-state index in [0.717, 1.165) is 32.1 Å². The number of carbonyl (C=O) groups excluding carboxylic acids is 1. The summed E-state index contributed by atoms with van der Waals surface area (Å²) in [5.41, 5.74) is 1.66. The SMILES string of the molecule is O=C(Nc1cccc(CS(=O)(=O)C2CCCCC2)c1)c1cnn(-c2ccccc2F)c1. The Morgan fingerprint density at radius 1 is 1.10 bits per heavy atom. The number of hydrogen-bond donors (Lipinski definition) is 1. The maximum atomic E-state index is 13.9. The van der Waals surface area contributed by atoms with E-state index >= 15 is 0 Å². The van der Waals surface area contributed by atoms with E-state index in [2.05, 4.69) is 10.4 Å². The molecule has 4 rings (SSSR count). The number of nitrogens with one attached hydrogen (secondary N) is 1. The number of nitrogens with zero attached hydrogens (tertiary/aromatic N) is 2. The zero-order chi connectivity index (χ0) is 21.8. The largest absolute Gasteiger partial charge is 0.322 e. The van der Waals surface area contributed by atoms with Crippen LogP contribution in [0.1, 0.15) is 48.0 Å². The van der Waals surface area contributed by atoms with E-state index in [0.29, 0.717) is 11.3 Å². The molecule has 1 aliphatic rings. The van der Waals surface area contributed by atoms with Gasteiger partial charge in [0.05, 0.1) is 22.8 Å². The van der Waals surface area contributed by atoms with Crippen molar-refractivity contribution in [1.29, 1.82) is 0 Å². The van der Waals surface area contributed by atoms with Gasteiger partial charge in [-0.25, -0.2) is 17.5 Å². The van der Waals surface area contributed by atoms with E-state index in [-0.39, 0.29) is 22.3 Å². The molecule has 0 bridgehead atoms. The van der Waals surface area contributed by atoms with Gasteiger partial charge in [0.1, 0.15) is 11.5 Å². The topological polar surface area (TPSA) is 81.1 Å². The first kappa shape index (κ1) is 21.2. The van der Waals surface area contributed by atoms with Crippen LogP contribution in [0, 0.1) is 5.82 Å². The Kier molecular flexibility index (Phi) is 6.18. The van der Waals surface area contributed by atoms with Gasteiger partial charge in [-0.15, -0.1) is 0 Å². The summed E-state index contributed by atoms with van der Waals surface area (Å²) >= 11 is 0. The minimum Gasteiger partial charge on any atom is -0.322 e. The van der Waals surface area contributed by atoms with E-state index < -0.39 is 21.6 Å². The number of sulfone groups is 1. The highest BCUT2D eigenvalue weighted by molar-refractivity contribution is 7.91. The van der Waals surface area contributed by atoms with Crippen molar-refractivity contribution in [3.63, 3.8) is 0 Å². The number of hydrogen-bond acceptors (Lipinski definition) is 4. The monoisotopic (exact) mass is 441 g/mol. The predicted molar refractivity (Wildman–Crippen MR) is 117 cm³/mol. The summed E-state index contributed by atoms with van der Waals surface area (Å²) in [7, 11) is -3.23. The lowest BCUT2D eigenvalue weighted by molar-refractivity contribution is 0.102. The lowest BCUT2D eigenvalue weighted by atomic mass is 10.0. The molecule has 1 aliphatic carbocycles. The quantitative estimate of drug-likeness (QED) is 0.610. The number of carbonyl (C=O) groups is 1. The van der Waals surface area contributed by atoms with Gasteiger partial charge < -0.3 is 5.32 Å². The third-order valence-corrected chi connectivity index (χ3v) is 7.78. The zero-order valence-electron chi connectivity index (χ0n) is 17.0. The average Bonchev–Trinajstić information content (AvgIpc) is 3.25. The Bertz CT molecular complexity index is 1180. The summed E-state index contributed by atoms with van der Waals surface area (Å²) in [5.74, 6) is -0.883. The van der Waals surface area contributed by atoms with E-state index in [1.807, 2.05) is 0 Å². The molecule has 2 aromatic carbocycles. The van der Waals surface area contributed by atoms with Gasteiger partial charge in [-0.1, -0.05) is 43.5 Å². The van der Waals surface area contributed by atoms with Crippen molar-refractivity contribution >= 4 is 21.4 Å². The second-order valence-electron chi connectivity index (χ2n) is 7.85. The van der Waals surface area contributed by atoms with E-state index in [1.54, 1.807) is 42.5 Å². The summed E-state index contributed by atoms with van der Waals surface area (Å²) in [6.45, 7) is 0. The van der Waals surface area contributed by atoms with Crippen LogP contribution in [0.4, 0.5) is 10.1 Å². The van der Waals surface area contributed by atoms with Crippen molar-refractivity contribution in [2.24, 2.45) is 0 Å². The van der Waals surface area contributed by atoms with Crippen LogP contribution in [-0.2, 0) is 15.6 Å². The molecule has 1 saturated carbocycles. The molecule has 31 heavy (non-hydrogen) atoms. The molecular weight excluding hydrogens is 417 g/mol. The Hall–Kier alpha value is -3.00. The molecule has 1 fully saturated rings. The Labute approximate surface area is 181 Å². The van der Waals surface area contributed by atoms with Gasteiger partial charge in [-0.05, 0) is 42.7 Å². The van der Waals surface area contributed by atoms with E-state index in [4.69, 9.17) is 0 Å². The number of benzene rings is 2. The van der Waals surface area contributed by atoms with Crippen LogP contribution in [0.15, 0.2) is 60.9 Å². The van der Waals surface area contributed by atoms with Crippen LogP contribution in [0.5, 0.6) is 0 Å². The number of aromatic nitrogens is 2. The number of para-hydroxylation sites is 1. The summed E-state index contributed by atoms with van der Waals surface area (Å²) in [6.07, 6.45) is 7.28. The van der Waals surface area contributed by atoms with Crippen LogP contribution in [0.25, 0.3) is 5.69 Å². The van der Waals surface area contributed by atoms with Crippen LogP contribution >= 0.6 is 0 Å². The van der Waals surface area contributed by atoms with Gasteiger partial charge in [-0.2, -0.15) is 5.10 Å². The highest BCUT2D eigenvalue weighted by Gasteiger charge is 2.27. The summed E-state index contributed by atoms with van der Waals surface area (Å²) < 4.78 is 40.7. The Balaban J connectivity index is 1.45. The maximum Gasteiger partial charge on any atom is 0.258 e. The fraction of sp³-hybridized carbons (Fsp3) is 0.304. The van der Waals surface area contributed by atoms with Crippen LogP contribution in [0.3, 0.4) is 0 Å². The van der Waals surface area contributed by atoms with Gasteiger partial charge in [0.25, 0.3) is 5.91 Å².